The summed E-state index contributed by atoms with van der Waals surface area (Å²) in [6, 6.07) is 3.29. The number of likely N-dealkylation sites (tertiary alicyclic amines) is 1. The van der Waals surface area contributed by atoms with E-state index in [0.29, 0.717) is 41.1 Å². The lowest BCUT2D eigenvalue weighted by molar-refractivity contribution is -0.141. The number of aliphatic carboxylic acids is 1. The van der Waals surface area contributed by atoms with Gasteiger partial charge in [-0.1, -0.05) is 0 Å². The molecule has 1 fully saturated rings. The van der Waals surface area contributed by atoms with Crippen molar-refractivity contribution >= 4 is 27.8 Å². The molecule has 1 aliphatic rings. The minimum atomic E-state index is -0.860. The van der Waals surface area contributed by atoms with E-state index in [-0.39, 0.29) is 12.5 Å². The number of carbonyl (C=O) groups is 2. The molecule has 0 aliphatic carbocycles. The Morgan fingerprint density at radius 1 is 1.45 bits per heavy atom. The van der Waals surface area contributed by atoms with Crippen LogP contribution in [0.5, 0.6) is 11.5 Å². The Kier molecular flexibility index (Phi) is 5.28. The Morgan fingerprint density at radius 3 is 2.73 bits per heavy atom. The fraction of sp³-hybridized carbons (Fsp3) is 0.467. The van der Waals surface area contributed by atoms with Gasteiger partial charge in [-0.2, -0.15) is 0 Å². The average Bonchev–Trinajstić information content (AvgIpc) is 2.98. The van der Waals surface area contributed by atoms with Gasteiger partial charge in [0.25, 0.3) is 5.91 Å². The zero-order valence-corrected chi connectivity index (χ0v) is 14.1. The van der Waals surface area contributed by atoms with Crippen molar-refractivity contribution in [1.29, 1.82) is 0 Å². The molecule has 2 rings (SSSR count). The summed E-state index contributed by atoms with van der Waals surface area (Å²) in [7, 11) is 1.51. The summed E-state index contributed by atoms with van der Waals surface area (Å²) >= 11 is 3.38. The molecule has 1 aromatic carbocycles. The molecule has 1 heterocycles. The molecule has 1 aliphatic heterocycles. The highest BCUT2D eigenvalue weighted by atomic mass is 79.9. The van der Waals surface area contributed by atoms with Crippen molar-refractivity contribution in [1.82, 2.24) is 4.90 Å². The number of carbonyl (C=O) groups excluding carboxylic acids is 1. The third-order valence-electron chi connectivity index (χ3n) is 3.59. The minimum absolute atomic E-state index is 0.203. The molecule has 120 valence electrons. The number of methoxy groups -OCH3 is 1. The molecule has 1 aromatic rings. The van der Waals surface area contributed by atoms with E-state index in [1.807, 2.05) is 6.92 Å². The lowest BCUT2D eigenvalue weighted by atomic mass is 10.1. The lowest BCUT2D eigenvalue weighted by Crippen LogP contribution is -2.30. The standard InChI is InChI=1S/C15H18BrNO5/c1-3-22-13-11(16)6-10(7-12(13)21-2)14(18)17-5-4-9(8-17)15(19)20/h6-7,9H,3-5,8H2,1-2H3,(H,19,20). The number of carboxylic acids is 1. The second-order valence-electron chi connectivity index (χ2n) is 5.00. The Morgan fingerprint density at radius 2 is 2.18 bits per heavy atom. The first-order chi connectivity index (χ1) is 10.5. The van der Waals surface area contributed by atoms with Crippen molar-refractivity contribution in [2.75, 3.05) is 26.8 Å². The number of halogens is 1. The van der Waals surface area contributed by atoms with Gasteiger partial charge in [0.15, 0.2) is 11.5 Å². The van der Waals surface area contributed by atoms with E-state index >= 15 is 0 Å². The summed E-state index contributed by atoms with van der Waals surface area (Å²) in [5.41, 5.74) is 0.443. The number of hydrogen-bond acceptors (Lipinski definition) is 4. The van der Waals surface area contributed by atoms with Crippen molar-refractivity contribution in [2.24, 2.45) is 5.92 Å². The first-order valence-corrected chi connectivity index (χ1v) is 7.79. The summed E-state index contributed by atoms with van der Waals surface area (Å²) in [6.07, 6.45) is 0.483. The number of ether oxygens (including phenoxy) is 2. The number of benzene rings is 1. The molecule has 0 radical (unpaired) electrons. The smallest absolute Gasteiger partial charge is 0.308 e. The number of carboxylic acid groups (broad SMARTS) is 1. The average molecular weight is 372 g/mol. The van der Waals surface area contributed by atoms with Gasteiger partial charge in [-0.3, -0.25) is 9.59 Å². The van der Waals surface area contributed by atoms with Crippen LogP contribution in [0.2, 0.25) is 0 Å². The molecule has 1 N–H and O–H groups in total. The second kappa shape index (κ2) is 7.00. The maximum absolute atomic E-state index is 12.5. The summed E-state index contributed by atoms with van der Waals surface area (Å²) in [6.45, 7) is 3.03. The zero-order chi connectivity index (χ0) is 16.3. The molecular weight excluding hydrogens is 354 g/mol. The monoisotopic (exact) mass is 371 g/mol. The predicted octanol–water partition coefficient (Wildman–Crippen LogP) is 2.40. The molecule has 7 heteroatoms. The van der Waals surface area contributed by atoms with Crippen molar-refractivity contribution in [3.63, 3.8) is 0 Å². The molecule has 0 spiro atoms. The molecule has 0 bridgehead atoms. The van der Waals surface area contributed by atoms with Gasteiger partial charge in [0.2, 0.25) is 0 Å². The van der Waals surface area contributed by atoms with Crippen LogP contribution in [-0.4, -0.2) is 48.7 Å². The maximum Gasteiger partial charge on any atom is 0.308 e. The van der Waals surface area contributed by atoms with Crippen LogP contribution in [0.4, 0.5) is 0 Å². The maximum atomic E-state index is 12.5. The number of amides is 1. The zero-order valence-electron chi connectivity index (χ0n) is 12.5. The van der Waals surface area contributed by atoms with E-state index in [2.05, 4.69) is 15.9 Å². The van der Waals surface area contributed by atoms with Gasteiger partial charge < -0.3 is 19.5 Å². The van der Waals surface area contributed by atoms with Gasteiger partial charge in [0.1, 0.15) is 0 Å². The van der Waals surface area contributed by atoms with E-state index in [1.165, 1.54) is 7.11 Å². The molecule has 1 saturated heterocycles. The highest BCUT2D eigenvalue weighted by molar-refractivity contribution is 9.10. The Bertz CT molecular complexity index is 590. The highest BCUT2D eigenvalue weighted by Crippen LogP contribution is 2.37. The van der Waals surface area contributed by atoms with Gasteiger partial charge in [0.05, 0.1) is 24.1 Å². The van der Waals surface area contributed by atoms with Gasteiger partial charge in [-0.25, -0.2) is 0 Å². The van der Waals surface area contributed by atoms with Crippen LogP contribution in [-0.2, 0) is 4.79 Å². The van der Waals surface area contributed by atoms with Crippen LogP contribution in [0.1, 0.15) is 23.7 Å². The van der Waals surface area contributed by atoms with Gasteiger partial charge in [-0.15, -0.1) is 0 Å². The first-order valence-electron chi connectivity index (χ1n) is 7.00. The van der Waals surface area contributed by atoms with Gasteiger partial charge in [-0.05, 0) is 41.4 Å². The van der Waals surface area contributed by atoms with Crippen molar-refractivity contribution in [2.45, 2.75) is 13.3 Å². The Balaban J connectivity index is 2.24. The molecule has 6 nitrogen and oxygen atoms in total. The lowest BCUT2D eigenvalue weighted by Gasteiger charge is -2.18. The molecule has 0 saturated carbocycles. The highest BCUT2D eigenvalue weighted by Gasteiger charge is 2.31. The fourth-order valence-corrected chi connectivity index (χ4v) is 3.01. The third kappa shape index (κ3) is 3.35. The summed E-state index contributed by atoms with van der Waals surface area (Å²) in [4.78, 5) is 25.1. The second-order valence-corrected chi connectivity index (χ2v) is 5.85. The van der Waals surface area contributed by atoms with Crippen molar-refractivity contribution in [3.8, 4) is 11.5 Å². The molecule has 1 atom stereocenters. The summed E-state index contributed by atoms with van der Waals surface area (Å²) in [5.74, 6) is -0.538. The molecule has 22 heavy (non-hydrogen) atoms. The third-order valence-corrected chi connectivity index (χ3v) is 4.18. The van der Waals surface area contributed by atoms with Crippen molar-refractivity contribution < 1.29 is 24.2 Å². The minimum Gasteiger partial charge on any atom is -0.493 e. The Hall–Kier alpha value is -1.76. The van der Waals surface area contributed by atoms with Gasteiger partial charge >= 0.3 is 5.97 Å². The first kappa shape index (κ1) is 16.6. The van der Waals surface area contributed by atoms with Crippen molar-refractivity contribution in [3.05, 3.63) is 22.2 Å². The van der Waals surface area contributed by atoms with Crippen LogP contribution in [0.3, 0.4) is 0 Å². The largest absolute Gasteiger partial charge is 0.493 e. The predicted molar refractivity (Wildman–Crippen MR) is 83.5 cm³/mol. The summed E-state index contributed by atoms with van der Waals surface area (Å²) < 4.78 is 11.4. The molecule has 0 aromatic heterocycles. The number of nitrogens with zero attached hydrogens (tertiary/aromatic N) is 1. The number of rotatable bonds is 5. The quantitative estimate of drug-likeness (QED) is 0.859. The SMILES string of the molecule is CCOc1c(Br)cc(C(=O)N2CCC(C(=O)O)C2)cc1OC. The van der Waals surface area contributed by atoms with E-state index in [4.69, 9.17) is 14.6 Å². The van der Waals surface area contributed by atoms with Crippen LogP contribution in [0, 0.1) is 5.92 Å². The van der Waals surface area contributed by atoms with Gasteiger partial charge in [0, 0.05) is 18.7 Å². The van der Waals surface area contributed by atoms with E-state index in [9.17, 15) is 9.59 Å². The number of hydrogen-bond donors (Lipinski definition) is 1. The topological polar surface area (TPSA) is 76.1 Å². The Labute approximate surface area is 137 Å². The van der Waals surface area contributed by atoms with E-state index < -0.39 is 11.9 Å². The van der Waals surface area contributed by atoms with E-state index in [1.54, 1.807) is 17.0 Å². The van der Waals surface area contributed by atoms with Crippen LogP contribution >= 0.6 is 15.9 Å². The van der Waals surface area contributed by atoms with Crippen LogP contribution in [0.15, 0.2) is 16.6 Å². The fourth-order valence-electron chi connectivity index (χ4n) is 2.46. The molecule has 1 amide bonds. The van der Waals surface area contributed by atoms with Crippen LogP contribution < -0.4 is 9.47 Å². The van der Waals surface area contributed by atoms with E-state index in [0.717, 1.165) is 0 Å². The molecular formula is C15H18BrNO5. The molecule has 1 unspecified atom stereocenters. The normalized spacial score (nSPS) is 17.4. The summed E-state index contributed by atoms with van der Waals surface area (Å²) in [5, 5.41) is 9.02. The van der Waals surface area contributed by atoms with Crippen LogP contribution in [0.25, 0.3) is 0 Å².